The second-order valence-electron chi connectivity index (χ2n) is 9.91. The molecule has 0 N–H and O–H groups in total. The molecule has 0 radical (unpaired) electrons. The molecule has 0 unspecified atom stereocenters. The monoisotopic (exact) mass is 337 g/mol. The normalized spacial score (nSPS) is 22.8. The van der Waals surface area contributed by atoms with Gasteiger partial charge in [-0.15, -0.1) is 0 Å². The quantitative estimate of drug-likeness (QED) is 0.792. The van der Waals surface area contributed by atoms with Crippen LogP contribution in [-0.4, -0.2) is 72.0 Å². The number of likely N-dealkylation sites (tertiary alicyclic amines) is 1. The Morgan fingerprint density at radius 2 is 1.42 bits per heavy atom. The summed E-state index contributed by atoms with van der Waals surface area (Å²) in [6.07, 6.45) is 3.32. The van der Waals surface area contributed by atoms with E-state index in [4.69, 9.17) is 0 Å². The van der Waals surface area contributed by atoms with Crippen molar-refractivity contribution in [1.29, 1.82) is 0 Å². The van der Waals surface area contributed by atoms with Crippen LogP contribution < -0.4 is 0 Å². The minimum Gasteiger partial charge on any atom is -0.340 e. The summed E-state index contributed by atoms with van der Waals surface area (Å²) >= 11 is 0. The number of nitrogens with zero attached hydrogens (tertiary/aromatic N) is 3. The van der Waals surface area contributed by atoms with E-state index >= 15 is 0 Å². The van der Waals surface area contributed by atoms with Crippen molar-refractivity contribution in [2.24, 2.45) is 11.3 Å². The third kappa shape index (κ3) is 5.73. The van der Waals surface area contributed by atoms with Gasteiger partial charge in [-0.25, -0.2) is 0 Å². The molecule has 0 aromatic rings. The fourth-order valence-corrected chi connectivity index (χ4v) is 3.75. The Bertz CT molecular complexity index is 406. The summed E-state index contributed by atoms with van der Waals surface area (Å²) in [5.41, 5.74) is 0.618. The summed E-state index contributed by atoms with van der Waals surface area (Å²) in [6, 6.07) is 0. The Labute approximate surface area is 149 Å². The SMILES string of the molecule is CC(C)(C)CCN1CCC(C(=O)N2CCN(C(C)(C)C)CC2)CC1. The van der Waals surface area contributed by atoms with E-state index in [0.29, 0.717) is 11.3 Å². The highest BCUT2D eigenvalue weighted by atomic mass is 16.2. The third-order valence-electron chi connectivity index (χ3n) is 5.65. The van der Waals surface area contributed by atoms with Gasteiger partial charge in [-0.2, -0.15) is 0 Å². The highest BCUT2D eigenvalue weighted by Crippen LogP contribution is 2.24. The molecule has 1 amide bonds. The van der Waals surface area contributed by atoms with Crippen LogP contribution >= 0.6 is 0 Å². The molecule has 0 atom stereocenters. The summed E-state index contributed by atoms with van der Waals surface area (Å²) in [4.78, 5) is 20.0. The Kier molecular flexibility index (Phi) is 6.35. The molecular formula is C20H39N3O. The predicted octanol–water partition coefficient (Wildman–Crippen LogP) is 3.08. The smallest absolute Gasteiger partial charge is 0.225 e. The largest absolute Gasteiger partial charge is 0.340 e. The first-order chi connectivity index (χ1) is 11.1. The molecule has 0 aromatic heterocycles. The van der Waals surface area contributed by atoms with Gasteiger partial charge < -0.3 is 9.80 Å². The van der Waals surface area contributed by atoms with Crippen LogP contribution in [0.3, 0.4) is 0 Å². The number of piperidine rings is 1. The third-order valence-corrected chi connectivity index (χ3v) is 5.65. The van der Waals surface area contributed by atoms with Gasteiger partial charge in [-0.05, 0) is 65.1 Å². The molecule has 0 spiro atoms. The maximum absolute atomic E-state index is 12.8. The van der Waals surface area contributed by atoms with Crippen molar-refractivity contribution in [3.8, 4) is 0 Å². The van der Waals surface area contributed by atoms with Crippen molar-refractivity contribution < 1.29 is 4.79 Å². The topological polar surface area (TPSA) is 26.8 Å². The minimum absolute atomic E-state index is 0.216. The minimum atomic E-state index is 0.216. The molecule has 0 aromatic carbocycles. The number of carbonyl (C=O) groups is 1. The summed E-state index contributed by atoms with van der Waals surface area (Å²) < 4.78 is 0. The van der Waals surface area contributed by atoms with Gasteiger partial charge in [0.05, 0.1) is 0 Å². The molecule has 2 aliphatic heterocycles. The lowest BCUT2D eigenvalue weighted by molar-refractivity contribution is -0.139. The van der Waals surface area contributed by atoms with Crippen LogP contribution in [0, 0.1) is 11.3 Å². The highest BCUT2D eigenvalue weighted by Gasteiger charge is 2.32. The van der Waals surface area contributed by atoms with Crippen LogP contribution in [0.2, 0.25) is 0 Å². The first-order valence-electron chi connectivity index (χ1n) is 9.82. The first kappa shape index (κ1) is 19.7. The molecular weight excluding hydrogens is 298 g/mol. The van der Waals surface area contributed by atoms with Crippen molar-refractivity contribution in [1.82, 2.24) is 14.7 Å². The van der Waals surface area contributed by atoms with Gasteiger partial charge in [0.25, 0.3) is 0 Å². The standard InChI is InChI=1S/C20H39N3O/c1-19(2,3)9-12-21-10-7-17(8-11-21)18(24)22-13-15-23(16-14-22)20(4,5)6/h17H,7-16H2,1-6H3. The van der Waals surface area contributed by atoms with Crippen LogP contribution in [0.4, 0.5) is 0 Å². The second kappa shape index (κ2) is 7.74. The van der Waals surface area contributed by atoms with Crippen molar-refractivity contribution >= 4 is 5.91 Å². The summed E-state index contributed by atoms with van der Waals surface area (Å²) in [5, 5.41) is 0. The van der Waals surface area contributed by atoms with Crippen LogP contribution in [-0.2, 0) is 4.79 Å². The zero-order valence-electron chi connectivity index (χ0n) is 16.9. The zero-order valence-corrected chi connectivity index (χ0v) is 16.9. The van der Waals surface area contributed by atoms with Gasteiger partial charge in [0.15, 0.2) is 0 Å². The highest BCUT2D eigenvalue weighted by molar-refractivity contribution is 5.79. The summed E-state index contributed by atoms with van der Waals surface area (Å²) in [7, 11) is 0. The maximum Gasteiger partial charge on any atom is 0.225 e. The van der Waals surface area contributed by atoms with E-state index in [1.807, 2.05) is 0 Å². The van der Waals surface area contributed by atoms with Gasteiger partial charge in [-0.3, -0.25) is 9.69 Å². The fraction of sp³-hybridized carbons (Fsp3) is 0.950. The molecule has 24 heavy (non-hydrogen) atoms. The molecule has 4 heteroatoms. The van der Waals surface area contributed by atoms with E-state index in [1.165, 1.54) is 13.0 Å². The zero-order chi connectivity index (χ0) is 18.0. The van der Waals surface area contributed by atoms with Gasteiger partial charge in [0.2, 0.25) is 5.91 Å². The molecule has 0 bridgehead atoms. The Morgan fingerprint density at radius 1 is 0.875 bits per heavy atom. The van der Waals surface area contributed by atoms with Crippen molar-refractivity contribution in [2.45, 2.75) is 66.3 Å². The Balaban J connectivity index is 1.74. The van der Waals surface area contributed by atoms with Gasteiger partial charge in [0.1, 0.15) is 0 Å². The summed E-state index contributed by atoms with van der Waals surface area (Å²) in [6.45, 7) is 20.9. The molecule has 2 rings (SSSR count). The van der Waals surface area contributed by atoms with E-state index in [-0.39, 0.29) is 11.5 Å². The van der Waals surface area contributed by atoms with E-state index in [1.54, 1.807) is 0 Å². The van der Waals surface area contributed by atoms with E-state index in [9.17, 15) is 4.79 Å². The van der Waals surface area contributed by atoms with Crippen LogP contribution in [0.5, 0.6) is 0 Å². The lowest BCUT2D eigenvalue weighted by Gasteiger charge is -2.43. The second-order valence-corrected chi connectivity index (χ2v) is 9.91. The summed E-state index contributed by atoms with van der Waals surface area (Å²) in [5.74, 6) is 0.677. The van der Waals surface area contributed by atoms with E-state index in [0.717, 1.165) is 52.1 Å². The molecule has 0 aliphatic carbocycles. The first-order valence-corrected chi connectivity index (χ1v) is 9.82. The van der Waals surface area contributed by atoms with Crippen molar-refractivity contribution in [3.63, 3.8) is 0 Å². The van der Waals surface area contributed by atoms with Gasteiger partial charge in [0, 0.05) is 37.6 Å². The van der Waals surface area contributed by atoms with Crippen LogP contribution in [0.1, 0.15) is 60.8 Å². The molecule has 0 saturated carbocycles. The fourth-order valence-electron chi connectivity index (χ4n) is 3.75. The van der Waals surface area contributed by atoms with E-state index < -0.39 is 0 Å². The molecule has 4 nitrogen and oxygen atoms in total. The average Bonchev–Trinajstić information content (AvgIpc) is 2.51. The number of amides is 1. The Hall–Kier alpha value is -0.610. The Morgan fingerprint density at radius 3 is 1.88 bits per heavy atom. The van der Waals surface area contributed by atoms with Crippen LogP contribution in [0.15, 0.2) is 0 Å². The predicted molar refractivity (Wildman–Crippen MR) is 101 cm³/mol. The molecule has 2 fully saturated rings. The number of rotatable bonds is 3. The average molecular weight is 338 g/mol. The van der Waals surface area contributed by atoms with Crippen LogP contribution in [0.25, 0.3) is 0 Å². The number of hydrogen-bond acceptors (Lipinski definition) is 3. The van der Waals surface area contributed by atoms with Gasteiger partial charge >= 0.3 is 0 Å². The lowest BCUT2D eigenvalue weighted by Crippen LogP contribution is -2.56. The number of hydrogen-bond donors (Lipinski definition) is 0. The van der Waals surface area contributed by atoms with Gasteiger partial charge in [-0.1, -0.05) is 20.8 Å². The molecule has 140 valence electrons. The van der Waals surface area contributed by atoms with Crippen molar-refractivity contribution in [2.75, 3.05) is 45.8 Å². The molecule has 2 heterocycles. The van der Waals surface area contributed by atoms with Crippen molar-refractivity contribution in [3.05, 3.63) is 0 Å². The number of piperazine rings is 1. The lowest BCUT2D eigenvalue weighted by atomic mass is 9.90. The maximum atomic E-state index is 12.8. The molecule has 2 saturated heterocycles. The molecule has 2 aliphatic rings. The van der Waals surface area contributed by atoms with E-state index in [2.05, 4.69) is 56.2 Å². The number of carbonyl (C=O) groups excluding carboxylic acids is 1.